The number of rotatable bonds is 4. The van der Waals surface area contributed by atoms with E-state index in [2.05, 4.69) is 11.9 Å². The number of nitrogens with one attached hydrogen (secondary N) is 1. The van der Waals surface area contributed by atoms with Crippen LogP contribution in [0.4, 0.5) is 5.69 Å². The van der Waals surface area contributed by atoms with E-state index in [9.17, 15) is 0 Å². The molecule has 0 amide bonds. The molecule has 1 aromatic carbocycles. The van der Waals surface area contributed by atoms with E-state index in [1.807, 2.05) is 31.2 Å². The number of aliphatic hydroxyl groups is 1. The molecule has 0 heterocycles. The van der Waals surface area contributed by atoms with Gasteiger partial charge >= 0.3 is 0 Å². The molecule has 0 saturated carbocycles. The molecule has 13 heavy (non-hydrogen) atoms. The van der Waals surface area contributed by atoms with Crippen LogP contribution in [-0.4, -0.2) is 17.8 Å². The molecule has 1 rings (SSSR count). The third-order valence-electron chi connectivity index (χ3n) is 1.88. The van der Waals surface area contributed by atoms with Crippen molar-refractivity contribution in [3.8, 4) is 0 Å². The number of benzene rings is 1. The fourth-order valence-electron chi connectivity index (χ4n) is 1.04. The zero-order valence-corrected chi connectivity index (χ0v) is 7.83. The summed E-state index contributed by atoms with van der Waals surface area (Å²) in [4.78, 5) is 0. The van der Waals surface area contributed by atoms with Crippen molar-refractivity contribution in [1.29, 1.82) is 0 Å². The zero-order valence-electron chi connectivity index (χ0n) is 7.83. The van der Waals surface area contributed by atoms with Crippen LogP contribution in [0.1, 0.15) is 5.56 Å². The summed E-state index contributed by atoms with van der Waals surface area (Å²) < 4.78 is 0. The molecule has 1 aromatic rings. The molecule has 1 atom stereocenters. The van der Waals surface area contributed by atoms with Gasteiger partial charge in [-0.25, -0.2) is 0 Å². The molecule has 0 aromatic heterocycles. The second-order valence-corrected chi connectivity index (χ2v) is 3.04. The Kier molecular flexibility index (Phi) is 3.53. The molecule has 70 valence electrons. The first-order valence-corrected chi connectivity index (χ1v) is 4.33. The van der Waals surface area contributed by atoms with E-state index in [1.54, 1.807) is 6.08 Å². The lowest BCUT2D eigenvalue weighted by Crippen LogP contribution is -2.20. The van der Waals surface area contributed by atoms with Crippen LogP contribution < -0.4 is 5.32 Å². The number of aryl methyl sites for hydroxylation is 1. The zero-order chi connectivity index (χ0) is 9.68. The Hall–Kier alpha value is -1.28. The molecule has 0 aliphatic carbocycles. The minimum Gasteiger partial charge on any atom is -0.394 e. The Bertz CT molecular complexity index is 266. The van der Waals surface area contributed by atoms with Gasteiger partial charge in [0.2, 0.25) is 0 Å². The minimum atomic E-state index is -0.0669. The fraction of sp³-hybridized carbons (Fsp3) is 0.273. The van der Waals surface area contributed by atoms with Gasteiger partial charge in [0.15, 0.2) is 0 Å². The van der Waals surface area contributed by atoms with Gasteiger partial charge in [-0.05, 0) is 19.1 Å². The predicted molar refractivity (Wildman–Crippen MR) is 55.9 cm³/mol. The smallest absolute Gasteiger partial charge is 0.0673 e. The fourth-order valence-corrected chi connectivity index (χ4v) is 1.04. The Balaban J connectivity index is 2.63. The molecule has 2 N–H and O–H groups in total. The Morgan fingerprint density at radius 2 is 2.08 bits per heavy atom. The van der Waals surface area contributed by atoms with Crippen molar-refractivity contribution < 1.29 is 5.11 Å². The van der Waals surface area contributed by atoms with Gasteiger partial charge in [0, 0.05) is 5.69 Å². The highest BCUT2D eigenvalue weighted by Crippen LogP contribution is 2.09. The van der Waals surface area contributed by atoms with Gasteiger partial charge in [-0.3, -0.25) is 0 Å². The summed E-state index contributed by atoms with van der Waals surface area (Å²) in [6, 6.07) is 7.96. The van der Waals surface area contributed by atoms with E-state index in [1.165, 1.54) is 5.56 Å². The summed E-state index contributed by atoms with van der Waals surface area (Å²) in [5, 5.41) is 12.0. The molecule has 0 fully saturated rings. The van der Waals surface area contributed by atoms with Crippen LogP contribution in [0.5, 0.6) is 0 Å². The van der Waals surface area contributed by atoms with Crippen LogP contribution in [0.3, 0.4) is 0 Å². The highest BCUT2D eigenvalue weighted by molar-refractivity contribution is 5.45. The molecule has 0 saturated heterocycles. The molecule has 0 aliphatic heterocycles. The molecule has 2 nitrogen and oxygen atoms in total. The van der Waals surface area contributed by atoms with E-state index in [0.717, 1.165) is 5.69 Å². The molecule has 0 bridgehead atoms. The first-order valence-electron chi connectivity index (χ1n) is 4.33. The number of hydrogen-bond acceptors (Lipinski definition) is 2. The van der Waals surface area contributed by atoms with Crippen LogP contribution in [-0.2, 0) is 0 Å². The van der Waals surface area contributed by atoms with Crippen LogP contribution in [0.25, 0.3) is 0 Å². The van der Waals surface area contributed by atoms with E-state index < -0.39 is 0 Å². The monoisotopic (exact) mass is 177 g/mol. The van der Waals surface area contributed by atoms with Gasteiger partial charge in [-0.2, -0.15) is 0 Å². The van der Waals surface area contributed by atoms with Crippen molar-refractivity contribution >= 4 is 5.69 Å². The summed E-state index contributed by atoms with van der Waals surface area (Å²) >= 11 is 0. The average molecular weight is 177 g/mol. The average Bonchev–Trinajstić information content (AvgIpc) is 2.17. The van der Waals surface area contributed by atoms with Crippen molar-refractivity contribution in [1.82, 2.24) is 0 Å². The summed E-state index contributed by atoms with van der Waals surface area (Å²) in [5.74, 6) is 0. The van der Waals surface area contributed by atoms with E-state index >= 15 is 0 Å². The summed E-state index contributed by atoms with van der Waals surface area (Å²) in [5.41, 5.74) is 2.23. The topological polar surface area (TPSA) is 32.3 Å². The molecule has 0 aliphatic rings. The van der Waals surface area contributed by atoms with Gasteiger partial charge < -0.3 is 10.4 Å². The SMILES string of the molecule is C=CC(CO)Nc1ccc(C)cc1. The summed E-state index contributed by atoms with van der Waals surface area (Å²) in [6.45, 7) is 5.73. The first-order chi connectivity index (χ1) is 6.26. The van der Waals surface area contributed by atoms with Crippen molar-refractivity contribution in [2.45, 2.75) is 13.0 Å². The predicted octanol–water partition coefficient (Wildman–Crippen LogP) is 1.95. The summed E-state index contributed by atoms with van der Waals surface area (Å²) in [7, 11) is 0. The van der Waals surface area contributed by atoms with Gasteiger partial charge in [0.05, 0.1) is 12.6 Å². The second-order valence-electron chi connectivity index (χ2n) is 3.04. The van der Waals surface area contributed by atoms with Crippen LogP contribution in [0.2, 0.25) is 0 Å². The maximum absolute atomic E-state index is 8.91. The van der Waals surface area contributed by atoms with Gasteiger partial charge in [-0.1, -0.05) is 23.8 Å². The third kappa shape index (κ3) is 2.92. The van der Waals surface area contributed by atoms with E-state index in [-0.39, 0.29) is 12.6 Å². The van der Waals surface area contributed by atoms with Crippen molar-refractivity contribution in [2.75, 3.05) is 11.9 Å². The maximum Gasteiger partial charge on any atom is 0.0673 e. The Labute approximate surface area is 78.9 Å². The normalized spacial score (nSPS) is 12.2. The van der Waals surface area contributed by atoms with Crippen molar-refractivity contribution in [2.24, 2.45) is 0 Å². The van der Waals surface area contributed by atoms with Gasteiger partial charge in [0.1, 0.15) is 0 Å². The number of hydrogen-bond donors (Lipinski definition) is 2. The highest BCUT2D eigenvalue weighted by Gasteiger charge is 2.00. The maximum atomic E-state index is 8.91. The molecule has 0 radical (unpaired) electrons. The largest absolute Gasteiger partial charge is 0.394 e. The quantitative estimate of drug-likeness (QED) is 0.689. The molecule has 2 heteroatoms. The van der Waals surface area contributed by atoms with Crippen molar-refractivity contribution in [3.63, 3.8) is 0 Å². The third-order valence-corrected chi connectivity index (χ3v) is 1.88. The molecular weight excluding hydrogens is 162 g/mol. The second kappa shape index (κ2) is 4.67. The lowest BCUT2D eigenvalue weighted by Gasteiger charge is -2.12. The van der Waals surface area contributed by atoms with Crippen LogP contribution in [0.15, 0.2) is 36.9 Å². The van der Waals surface area contributed by atoms with Crippen LogP contribution in [0, 0.1) is 6.92 Å². The standard InChI is InChI=1S/C11H15NO/c1-3-10(8-13)12-11-6-4-9(2)5-7-11/h3-7,10,12-13H,1,8H2,2H3. The van der Waals surface area contributed by atoms with Gasteiger partial charge in [0.25, 0.3) is 0 Å². The number of aliphatic hydroxyl groups excluding tert-OH is 1. The van der Waals surface area contributed by atoms with Crippen molar-refractivity contribution in [3.05, 3.63) is 42.5 Å². The lowest BCUT2D eigenvalue weighted by atomic mass is 10.2. The number of anilines is 1. The Morgan fingerprint density at radius 1 is 1.46 bits per heavy atom. The summed E-state index contributed by atoms with van der Waals surface area (Å²) in [6.07, 6.45) is 1.69. The van der Waals surface area contributed by atoms with E-state index in [4.69, 9.17) is 5.11 Å². The van der Waals surface area contributed by atoms with Gasteiger partial charge in [-0.15, -0.1) is 6.58 Å². The molecule has 0 spiro atoms. The Morgan fingerprint density at radius 3 is 2.54 bits per heavy atom. The highest BCUT2D eigenvalue weighted by atomic mass is 16.3. The van der Waals surface area contributed by atoms with E-state index in [0.29, 0.717) is 0 Å². The molecule has 1 unspecified atom stereocenters. The minimum absolute atomic E-state index is 0.0668. The lowest BCUT2D eigenvalue weighted by molar-refractivity contribution is 0.291. The molecular formula is C11H15NO. The van der Waals surface area contributed by atoms with Crippen LogP contribution >= 0.6 is 0 Å². The first kappa shape index (κ1) is 9.81.